The molecular weight excluding hydrogens is 282 g/mol. The van der Waals surface area contributed by atoms with Gasteiger partial charge in [-0.05, 0) is 35.0 Å². The van der Waals surface area contributed by atoms with E-state index in [1.165, 1.54) is 0 Å². The van der Waals surface area contributed by atoms with Crippen LogP contribution in [0.3, 0.4) is 0 Å². The summed E-state index contributed by atoms with van der Waals surface area (Å²) in [6.07, 6.45) is 0. The monoisotopic (exact) mass is 291 g/mol. The van der Waals surface area contributed by atoms with Crippen LogP contribution in [-0.4, -0.2) is 9.78 Å². The number of hydrogen-bond donors (Lipinski definition) is 0. The van der Waals surface area contributed by atoms with Crippen LogP contribution in [0.25, 0.3) is 0 Å². The van der Waals surface area contributed by atoms with E-state index in [1.807, 2.05) is 19.1 Å². The molecule has 0 bridgehead atoms. The summed E-state index contributed by atoms with van der Waals surface area (Å²) in [5.41, 5.74) is 1.35. The first kappa shape index (κ1) is 11.7. The lowest BCUT2D eigenvalue weighted by molar-refractivity contribution is 0.429. The van der Waals surface area contributed by atoms with Crippen LogP contribution in [0, 0.1) is 18.3 Å². The fourth-order valence-electron chi connectivity index (χ4n) is 1.49. The zero-order chi connectivity index (χ0) is 12.4. The summed E-state index contributed by atoms with van der Waals surface area (Å²) in [4.78, 5) is 0. The van der Waals surface area contributed by atoms with Crippen molar-refractivity contribution in [3.63, 3.8) is 0 Å². The first-order valence-corrected chi connectivity index (χ1v) is 5.78. The molecular formula is C12H10BrN3O. The molecule has 2 rings (SSSR count). The van der Waals surface area contributed by atoms with Crippen LogP contribution >= 0.6 is 15.9 Å². The Labute approximate surface area is 108 Å². The molecule has 86 valence electrons. The van der Waals surface area contributed by atoms with Gasteiger partial charge in [-0.3, -0.25) is 0 Å². The Morgan fingerprint density at radius 2 is 2.24 bits per heavy atom. The summed E-state index contributed by atoms with van der Waals surface area (Å²) in [5.74, 6) is 1.13. The van der Waals surface area contributed by atoms with Gasteiger partial charge in [0, 0.05) is 17.6 Å². The van der Waals surface area contributed by atoms with E-state index < -0.39 is 0 Å². The van der Waals surface area contributed by atoms with Crippen LogP contribution in [0.4, 0.5) is 0 Å². The Balaban J connectivity index is 2.40. The molecule has 5 heteroatoms. The van der Waals surface area contributed by atoms with E-state index in [1.54, 1.807) is 23.9 Å². The second kappa shape index (κ2) is 4.60. The highest BCUT2D eigenvalue weighted by atomic mass is 79.9. The number of ether oxygens (including phenoxy) is 1. The Morgan fingerprint density at radius 1 is 1.47 bits per heavy atom. The van der Waals surface area contributed by atoms with E-state index >= 15 is 0 Å². The number of benzene rings is 1. The number of rotatable bonds is 2. The minimum Gasteiger partial charge on any atom is -0.438 e. The SMILES string of the molecule is Cc1cc(Oc2cccc(Br)c2C#N)n(C)n1. The quantitative estimate of drug-likeness (QED) is 0.854. The lowest BCUT2D eigenvalue weighted by Crippen LogP contribution is -1.96. The van der Waals surface area contributed by atoms with Gasteiger partial charge < -0.3 is 4.74 Å². The first-order chi connectivity index (χ1) is 8.11. The van der Waals surface area contributed by atoms with E-state index in [2.05, 4.69) is 27.1 Å². The van der Waals surface area contributed by atoms with Gasteiger partial charge in [-0.2, -0.15) is 10.4 Å². The number of aryl methyl sites for hydroxylation is 2. The van der Waals surface area contributed by atoms with Crippen molar-refractivity contribution < 1.29 is 4.74 Å². The molecule has 4 nitrogen and oxygen atoms in total. The fourth-order valence-corrected chi connectivity index (χ4v) is 1.93. The predicted molar refractivity (Wildman–Crippen MR) is 66.9 cm³/mol. The Kier molecular flexibility index (Phi) is 3.16. The summed E-state index contributed by atoms with van der Waals surface area (Å²) >= 11 is 3.32. The van der Waals surface area contributed by atoms with Crippen LogP contribution in [-0.2, 0) is 7.05 Å². The third-order valence-electron chi connectivity index (χ3n) is 2.26. The van der Waals surface area contributed by atoms with E-state index in [4.69, 9.17) is 10.00 Å². The van der Waals surface area contributed by atoms with Gasteiger partial charge in [-0.1, -0.05) is 6.07 Å². The van der Waals surface area contributed by atoms with Crippen molar-refractivity contribution in [1.82, 2.24) is 9.78 Å². The minimum atomic E-state index is 0.478. The minimum absolute atomic E-state index is 0.478. The molecule has 0 fully saturated rings. The number of halogens is 1. The van der Waals surface area contributed by atoms with Gasteiger partial charge in [0.15, 0.2) is 0 Å². The Hall–Kier alpha value is -1.80. The second-order valence-electron chi connectivity index (χ2n) is 3.57. The van der Waals surface area contributed by atoms with Crippen molar-refractivity contribution in [3.8, 4) is 17.7 Å². The summed E-state index contributed by atoms with van der Waals surface area (Å²) in [5, 5.41) is 13.3. The van der Waals surface area contributed by atoms with Crippen molar-refractivity contribution in [1.29, 1.82) is 5.26 Å². The number of nitrogens with zero attached hydrogens (tertiary/aromatic N) is 3. The third kappa shape index (κ3) is 2.32. The molecule has 0 N–H and O–H groups in total. The molecule has 1 aromatic carbocycles. The maximum Gasteiger partial charge on any atom is 0.217 e. The smallest absolute Gasteiger partial charge is 0.217 e. The molecule has 2 aromatic rings. The van der Waals surface area contributed by atoms with Crippen LogP contribution in [0.1, 0.15) is 11.3 Å². The van der Waals surface area contributed by atoms with Crippen molar-refractivity contribution >= 4 is 15.9 Å². The molecule has 0 atom stereocenters. The molecule has 1 heterocycles. The van der Waals surface area contributed by atoms with E-state index in [0.717, 1.165) is 10.2 Å². The Morgan fingerprint density at radius 3 is 2.82 bits per heavy atom. The normalized spacial score (nSPS) is 10.0. The lowest BCUT2D eigenvalue weighted by atomic mass is 10.2. The molecule has 1 aromatic heterocycles. The summed E-state index contributed by atoms with van der Waals surface area (Å²) < 4.78 is 8.04. The molecule has 0 saturated carbocycles. The van der Waals surface area contributed by atoms with E-state index in [-0.39, 0.29) is 0 Å². The van der Waals surface area contributed by atoms with Crippen molar-refractivity contribution in [2.24, 2.45) is 7.05 Å². The second-order valence-corrected chi connectivity index (χ2v) is 4.43. The predicted octanol–water partition coefficient (Wildman–Crippen LogP) is 3.16. The largest absolute Gasteiger partial charge is 0.438 e. The molecule has 0 spiro atoms. The van der Waals surface area contributed by atoms with Crippen molar-refractivity contribution in [2.75, 3.05) is 0 Å². The summed E-state index contributed by atoms with van der Waals surface area (Å²) in [6.45, 7) is 1.89. The summed E-state index contributed by atoms with van der Waals surface area (Å²) in [7, 11) is 1.80. The van der Waals surface area contributed by atoms with Crippen LogP contribution < -0.4 is 4.74 Å². The van der Waals surface area contributed by atoms with E-state index in [0.29, 0.717) is 17.2 Å². The van der Waals surface area contributed by atoms with Gasteiger partial charge >= 0.3 is 0 Å². The average molecular weight is 292 g/mol. The first-order valence-electron chi connectivity index (χ1n) is 4.99. The van der Waals surface area contributed by atoms with Crippen molar-refractivity contribution in [3.05, 3.63) is 40.0 Å². The topological polar surface area (TPSA) is 50.8 Å². The standard InChI is InChI=1S/C12H10BrN3O/c1-8-6-12(16(2)15-8)17-11-5-3-4-10(13)9(11)7-14/h3-6H,1-2H3. The highest BCUT2D eigenvalue weighted by molar-refractivity contribution is 9.10. The highest BCUT2D eigenvalue weighted by Gasteiger charge is 2.10. The average Bonchev–Trinajstić information content (AvgIpc) is 2.58. The molecule has 0 amide bonds. The number of hydrogen-bond acceptors (Lipinski definition) is 3. The zero-order valence-electron chi connectivity index (χ0n) is 9.44. The molecule has 0 aliphatic rings. The number of aromatic nitrogens is 2. The molecule has 0 aliphatic carbocycles. The lowest BCUT2D eigenvalue weighted by Gasteiger charge is -2.07. The maximum atomic E-state index is 9.07. The van der Waals surface area contributed by atoms with Gasteiger partial charge in [0.2, 0.25) is 5.88 Å². The zero-order valence-corrected chi connectivity index (χ0v) is 11.0. The summed E-state index contributed by atoms with van der Waals surface area (Å²) in [6, 6.07) is 9.31. The van der Waals surface area contributed by atoms with Gasteiger partial charge in [0.25, 0.3) is 0 Å². The fraction of sp³-hybridized carbons (Fsp3) is 0.167. The van der Waals surface area contributed by atoms with Gasteiger partial charge in [-0.15, -0.1) is 0 Å². The molecule has 0 aliphatic heterocycles. The molecule has 17 heavy (non-hydrogen) atoms. The van der Waals surface area contributed by atoms with Gasteiger partial charge in [0.05, 0.1) is 5.69 Å². The Bertz CT molecular complexity index is 598. The van der Waals surface area contributed by atoms with Crippen LogP contribution in [0.5, 0.6) is 11.6 Å². The van der Waals surface area contributed by atoms with Crippen molar-refractivity contribution in [2.45, 2.75) is 6.92 Å². The molecule has 0 saturated heterocycles. The highest BCUT2D eigenvalue weighted by Crippen LogP contribution is 2.29. The maximum absolute atomic E-state index is 9.07. The van der Waals surface area contributed by atoms with Crippen LogP contribution in [0.2, 0.25) is 0 Å². The van der Waals surface area contributed by atoms with Gasteiger partial charge in [-0.25, -0.2) is 4.68 Å². The third-order valence-corrected chi connectivity index (χ3v) is 2.92. The molecule has 0 unspecified atom stereocenters. The van der Waals surface area contributed by atoms with Crippen LogP contribution in [0.15, 0.2) is 28.7 Å². The van der Waals surface area contributed by atoms with E-state index in [9.17, 15) is 0 Å². The number of nitriles is 1. The molecule has 0 radical (unpaired) electrons. The van der Waals surface area contributed by atoms with Gasteiger partial charge in [0.1, 0.15) is 17.4 Å².